The molecule has 0 fully saturated rings. The molecular weight excluding hydrogens is 354 g/mol. The SMILES string of the molecule is Cc1ccc(S(=O)(=O)N2[C@H](C)c3ccccc3C[C@@H]2c2ccccc2)cc1. The number of hydrogen-bond donors (Lipinski definition) is 0. The van der Waals surface area contributed by atoms with Gasteiger partial charge in [-0.25, -0.2) is 8.42 Å². The maximum absolute atomic E-state index is 13.6. The van der Waals surface area contributed by atoms with Gasteiger partial charge in [0.1, 0.15) is 0 Å². The Balaban J connectivity index is 1.87. The van der Waals surface area contributed by atoms with Gasteiger partial charge in [-0.3, -0.25) is 0 Å². The highest BCUT2D eigenvalue weighted by Crippen LogP contribution is 2.43. The van der Waals surface area contributed by atoms with Gasteiger partial charge in [0.05, 0.1) is 10.9 Å². The molecule has 0 N–H and O–H groups in total. The number of fused-ring (bicyclic) bond motifs is 1. The number of sulfonamides is 1. The molecule has 4 rings (SSSR count). The zero-order valence-electron chi connectivity index (χ0n) is 15.5. The van der Waals surface area contributed by atoms with Crippen LogP contribution in [-0.4, -0.2) is 12.7 Å². The summed E-state index contributed by atoms with van der Waals surface area (Å²) in [7, 11) is -3.63. The van der Waals surface area contributed by atoms with E-state index in [0.717, 1.165) is 16.7 Å². The molecule has 1 heterocycles. The van der Waals surface area contributed by atoms with Gasteiger partial charge in [0.2, 0.25) is 10.0 Å². The van der Waals surface area contributed by atoms with Crippen LogP contribution in [0, 0.1) is 6.92 Å². The van der Waals surface area contributed by atoms with E-state index in [1.54, 1.807) is 16.4 Å². The summed E-state index contributed by atoms with van der Waals surface area (Å²) in [5.41, 5.74) is 4.37. The van der Waals surface area contributed by atoms with Gasteiger partial charge in [0.15, 0.2) is 0 Å². The van der Waals surface area contributed by atoms with E-state index in [9.17, 15) is 8.42 Å². The Morgan fingerprint density at radius 1 is 0.852 bits per heavy atom. The number of aryl methyl sites for hydroxylation is 1. The van der Waals surface area contributed by atoms with Crippen molar-refractivity contribution in [1.82, 2.24) is 4.31 Å². The molecule has 0 amide bonds. The smallest absolute Gasteiger partial charge is 0.207 e. The van der Waals surface area contributed by atoms with Crippen molar-refractivity contribution in [1.29, 1.82) is 0 Å². The Morgan fingerprint density at radius 2 is 1.48 bits per heavy atom. The van der Waals surface area contributed by atoms with Gasteiger partial charge < -0.3 is 0 Å². The van der Waals surface area contributed by atoms with Crippen LogP contribution in [0.2, 0.25) is 0 Å². The third-order valence-electron chi connectivity index (χ3n) is 5.39. The van der Waals surface area contributed by atoms with E-state index in [-0.39, 0.29) is 12.1 Å². The maximum atomic E-state index is 13.6. The second-order valence-corrected chi connectivity index (χ2v) is 9.00. The van der Waals surface area contributed by atoms with Crippen molar-refractivity contribution in [3.8, 4) is 0 Å². The molecule has 0 bridgehead atoms. The first-order chi connectivity index (χ1) is 13.0. The quantitative estimate of drug-likeness (QED) is 0.641. The highest BCUT2D eigenvalue weighted by molar-refractivity contribution is 7.89. The summed E-state index contributed by atoms with van der Waals surface area (Å²) in [6.45, 7) is 3.95. The van der Waals surface area contributed by atoms with Gasteiger partial charge in [0.25, 0.3) is 0 Å². The average molecular weight is 378 g/mol. The fourth-order valence-electron chi connectivity index (χ4n) is 3.98. The first kappa shape index (κ1) is 18.0. The minimum absolute atomic E-state index is 0.220. The van der Waals surface area contributed by atoms with Gasteiger partial charge >= 0.3 is 0 Å². The third kappa shape index (κ3) is 3.20. The second-order valence-electron chi connectivity index (χ2n) is 7.15. The molecule has 0 unspecified atom stereocenters. The second kappa shape index (κ2) is 6.95. The topological polar surface area (TPSA) is 37.4 Å². The first-order valence-corrected chi connectivity index (χ1v) is 10.7. The van der Waals surface area contributed by atoms with E-state index in [1.807, 2.05) is 74.5 Å². The van der Waals surface area contributed by atoms with Crippen molar-refractivity contribution in [3.63, 3.8) is 0 Å². The molecule has 3 aromatic rings. The lowest BCUT2D eigenvalue weighted by molar-refractivity contribution is 0.244. The van der Waals surface area contributed by atoms with Crippen LogP contribution in [0.4, 0.5) is 0 Å². The standard InChI is InChI=1S/C23H23NO2S/c1-17-12-14-21(15-13-17)27(25,26)24-18(2)22-11-7-6-10-20(22)16-23(24)19-8-4-3-5-9-19/h3-15,18,23H,16H2,1-2H3/t18-,23-/m1/s1. The van der Waals surface area contributed by atoms with Crippen LogP contribution in [0.5, 0.6) is 0 Å². The van der Waals surface area contributed by atoms with Crippen molar-refractivity contribution < 1.29 is 8.42 Å². The molecule has 0 aromatic heterocycles. The normalized spacial score (nSPS) is 20.2. The first-order valence-electron chi connectivity index (χ1n) is 9.21. The summed E-state index contributed by atoms with van der Waals surface area (Å²) in [6.07, 6.45) is 0.676. The summed E-state index contributed by atoms with van der Waals surface area (Å²) in [5.74, 6) is 0. The fourth-order valence-corrected chi connectivity index (χ4v) is 5.77. The summed E-state index contributed by atoms with van der Waals surface area (Å²) < 4.78 is 28.9. The monoisotopic (exact) mass is 377 g/mol. The zero-order valence-corrected chi connectivity index (χ0v) is 16.4. The Kier molecular flexibility index (Phi) is 4.62. The Morgan fingerprint density at radius 3 is 2.19 bits per heavy atom. The molecule has 4 heteroatoms. The van der Waals surface area contributed by atoms with Crippen LogP contribution in [0.15, 0.2) is 83.8 Å². The maximum Gasteiger partial charge on any atom is 0.244 e. The minimum Gasteiger partial charge on any atom is -0.207 e. The molecule has 2 atom stereocenters. The van der Waals surface area contributed by atoms with E-state index in [4.69, 9.17) is 0 Å². The molecule has 0 spiro atoms. The van der Waals surface area contributed by atoms with Crippen LogP contribution in [0.1, 0.15) is 41.3 Å². The summed E-state index contributed by atoms with van der Waals surface area (Å²) in [6, 6.07) is 24.8. The van der Waals surface area contributed by atoms with Crippen molar-refractivity contribution >= 4 is 10.0 Å². The lowest BCUT2D eigenvalue weighted by Crippen LogP contribution is -2.41. The van der Waals surface area contributed by atoms with Crippen LogP contribution < -0.4 is 0 Å². The highest BCUT2D eigenvalue weighted by atomic mass is 32.2. The molecule has 0 aliphatic carbocycles. The summed E-state index contributed by atoms with van der Waals surface area (Å²) in [4.78, 5) is 0.347. The van der Waals surface area contributed by atoms with E-state index in [0.29, 0.717) is 11.3 Å². The highest BCUT2D eigenvalue weighted by Gasteiger charge is 2.40. The van der Waals surface area contributed by atoms with E-state index < -0.39 is 10.0 Å². The van der Waals surface area contributed by atoms with Crippen molar-refractivity contribution in [3.05, 3.63) is 101 Å². The lowest BCUT2D eigenvalue weighted by Gasteiger charge is -2.41. The predicted octanol–water partition coefficient (Wildman–Crippen LogP) is 5.04. The predicted molar refractivity (Wildman–Crippen MR) is 108 cm³/mol. The van der Waals surface area contributed by atoms with Crippen LogP contribution in [-0.2, 0) is 16.4 Å². The van der Waals surface area contributed by atoms with Crippen LogP contribution in [0.25, 0.3) is 0 Å². The Bertz CT molecular complexity index is 1040. The molecule has 1 aliphatic rings. The van der Waals surface area contributed by atoms with Crippen LogP contribution >= 0.6 is 0 Å². The summed E-state index contributed by atoms with van der Waals surface area (Å²) >= 11 is 0. The van der Waals surface area contributed by atoms with Gasteiger partial charge in [-0.2, -0.15) is 4.31 Å². The Labute approximate surface area is 161 Å². The van der Waals surface area contributed by atoms with E-state index >= 15 is 0 Å². The minimum atomic E-state index is -3.63. The van der Waals surface area contributed by atoms with Gasteiger partial charge in [-0.05, 0) is 49.1 Å². The lowest BCUT2D eigenvalue weighted by atomic mass is 9.88. The number of rotatable bonds is 3. The van der Waals surface area contributed by atoms with E-state index in [2.05, 4.69) is 6.07 Å². The molecule has 0 radical (unpaired) electrons. The molecule has 0 saturated carbocycles. The molecular formula is C23H23NO2S. The third-order valence-corrected chi connectivity index (χ3v) is 7.38. The largest absolute Gasteiger partial charge is 0.244 e. The van der Waals surface area contributed by atoms with Gasteiger partial charge in [-0.1, -0.05) is 72.3 Å². The van der Waals surface area contributed by atoms with Crippen molar-refractivity contribution in [2.75, 3.05) is 0 Å². The molecule has 138 valence electrons. The van der Waals surface area contributed by atoms with Crippen molar-refractivity contribution in [2.24, 2.45) is 0 Å². The zero-order chi connectivity index (χ0) is 19.0. The Hall–Kier alpha value is -2.43. The van der Waals surface area contributed by atoms with Gasteiger partial charge in [0, 0.05) is 6.04 Å². The number of nitrogens with zero attached hydrogens (tertiary/aromatic N) is 1. The number of hydrogen-bond acceptors (Lipinski definition) is 2. The molecule has 0 saturated heterocycles. The summed E-state index contributed by atoms with van der Waals surface area (Å²) in [5, 5.41) is 0. The molecule has 3 aromatic carbocycles. The molecule has 3 nitrogen and oxygen atoms in total. The van der Waals surface area contributed by atoms with E-state index in [1.165, 1.54) is 5.56 Å². The van der Waals surface area contributed by atoms with Gasteiger partial charge in [-0.15, -0.1) is 0 Å². The van der Waals surface area contributed by atoms with Crippen molar-refractivity contribution in [2.45, 2.75) is 37.2 Å². The van der Waals surface area contributed by atoms with Crippen LogP contribution in [0.3, 0.4) is 0 Å². The fraction of sp³-hybridized carbons (Fsp3) is 0.217. The molecule has 27 heavy (non-hydrogen) atoms. The number of benzene rings is 3. The molecule has 1 aliphatic heterocycles. The average Bonchev–Trinajstić information content (AvgIpc) is 2.68.